The molecule has 0 saturated heterocycles. The predicted octanol–water partition coefficient (Wildman–Crippen LogP) is 5.17. The van der Waals surface area contributed by atoms with Crippen LogP contribution in [0, 0.1) is 0 Å². The summed E-state index contributed by atoms with van der Waals surface area (Å²) in [5, 5.41) is 5.76. The smallest absolute Gasteiger partial charge is 0.255 e. The van der Waals surface area contributed by atoms with Crippen molar-refractivity contribution in [2.24, 2.45) is 0 Å². The minimum Gasteiger partial charge on any atom is -0.348 e. The van der Waals surface area contributed by atoms with E-state index in [4.69, 9.17) is 0 Å². The molecule has 0 heterocycles. The number of hydrogen-bond donors (Lipinski definition) is 2. The molecule has 0 radical (unpaired) electrons. The van der Waals surface area contributed by atoms with Crippen LogP contribution in [-0.4, -0.2) is 11.8 Å². The molecule has 0 aliphatic rings. The van der Waals surface area contributed by atoms with Crippen LogP contribution in [0.1, 0.15) is 52.6 Å². The average Bonchev–Trinajstić information content (AvgIpc) is 2.72. The Labute approximate surface area is 172 Å². The van der Waals surface area contributed by atoms with Crippen LogP contribution in [0.15, 0.2) is 78.9 Å². The molecule has 0 spiro atoms. The maximum Gasteiger partial charge on any atom is 0.255 e. The summed E-state index contributed by atoms with van der Waals surface area (Å²) >= 11 is 0. The minimum atomic E-state index is -0.202. The lowest BCUT2D eigenvalue weighted by atomic mass is 9.87. The van der Waals surface area contributed by atoms with E-state index >= 15 is 0 Å². The molecular weight excluding hydrogens is 360 g/mol. The first kappa shape index (κ1) is 20.3. The van der Waals surface area contributed by atoms with Crippen molar-refractivity contribution in [3.05, 3.63) is 101 Å². The van der Waals surface area contributed by atoms with Gasteiger partial charge in [-0.2, -0.15) is 0 Å². The first-order chi connectivity index (χ1) is 13.8. The number of amides is 2. The topological polar surface area (TPSA) is 58.2 Å². The van der Waals surface area contributed by atoms with Gasteiger partial charge >= 0.3 is 0 Å². The third-order valence-corrected chi connectivity index (χ3v) is 4.69. The number of carbonyl (C=O) groups is 2. The molecule has 4 heteroatoms. The maximum atomic E-state index is 12.6. The van der Waals surface area contributed by atoms with Crippen LogP contribution in [0.4, 0.5) is 5.69 Å². The van der Waals surface area contributed by atoms with E-state index in [0.717, 1.165) is 5.56 Å². The molecule has 3 rings (SSSR count). The van der Waals surface area contributed by atoms with Gasteiger partial charge in [0.25, 0.3) is 11.8 Å². The van der Waals surface area contributed by atoms with Crippen LogP contribution in [0.2, 0.25) is 0 Å². The molecule has 0 aliphatic heterocycles. The quantitative estimate of drug-likeness (QED) is 0.636. The SMILES string of the molecule is CC(C)(C)c1ccc(C(=O)Nc2cccc(C(=O)NCc3ccccc3)c2)cc1. The summed E-state index contributed by atoms with van der Waals surface area (Å²) in [5.74, 6) is -0.383. The fourth-order valence-electron chi connectivity index (χ4n) is 2.94. The van der Waals surface area contributed by atoms with Crippen LogP contribution in [-0.2, 0) is 12.0 Å². The molecule has 0 aromatic heterocycles. The van der Waals surface area contributed by atoms with Gasteiger partial charge in [0.1, 0.15) is 0 Å². The highest BCUT2D eigenvalue weighted by atomic mass is 16.2. The molecule has 148 valence electrons. The Bertz CT molecular complexity index is 987. The first-order valence-corrected chi connectivity index (χ1v) is 9.67. The lowest BCUT2D eigenvalue weighted by Crippen LogP contribution is -2.23. The lowest BCUT2D eigenvalue weighted by Gasteiger charge is -2.19. The molecule has 0 bridgehead atoms. The Morgan fingerprint density at radius 1 is 0.759 bits per heavy atom. The molecule has 0 atom stereocenters. The van der Waals surface area contributed by atoms with Crippen molar-refractivity contribution in [1.82, 2.24) is 5.32 Å². The summed E-state index contributed by atoms with van der Waals surface area (Å²) in [6, 6.07) is 24.3. The van der Waals surface area contributed by atoms with Gasteiger partial charge in [-0.3, -0.25) is 9.59 Å². The molecule has 3 aromatic rings. The van der Waals surface area contributed by atoms with Gasteiger partial charge in [0.2, 0.25) is 0 Å². The molecule has 0 aliphatic carbocycles. The van der Waals surface area contributed by atoms with Crippen LogP contribution in [0.5, 0.6) is 0 Å². The standard InChI is InChI=1S/C25H26N2O2/c1-25(2,3)21-14-12-19(13-15-21)24(29)27-22-11-7-10-20(16-22)23(28)26-17-18-8-5-4-6-9-18/h4-16H,17H2,1-3H3,(H,26,28)(H,27,29). The predicted molar refractivity (Wildman–Crippen MR) is 117 cm³/mol. The van der Waals surface area contributed by atoms with Gasteiger partial charge in [-0.05, 0) is 46.9 Å². The zero-order chi connectivity index (χ0) is 20.9. The third-order valence-electron chi connectivity index (χ3n) is 4.69. The van der Waals surface area contributed by atoms with E-state index in [9.17, 15) is 9.59 Å². The van der Waals surface area contributed by atoms with Crippen molar-refractivity contribution < 1.29 is 9.59 Å². The number of rotatable bonds is 5. The normalized spacial score (nSPS) is 11.0. The zero-order valence-electron chi connectivity index (χ0n) is 17.0. The largest absolute Gasteiger partial charge is 0.348 e. The summed E-state index contributed by atoms with van der Waals surface area (Å²) in [6.45, 7) is 6.86. The molecule has 0 saturated carbocycles. The van der Waals surface area contributed by atoms with Gasteiger partial charge in [0, 0.05) is 23.4 Å². The fraction of sp³-hybridized carbons (Fsp3) is 0.200. The third kappa shape index (κ3) is 5.55. The van der Waals surface area contributed by atoms with Crippen LogP contribution in [0.3, 0.4) is 0 Å². The molecule has 3 aromatic carbocycles. The molecule has 29 heavy (non-hydrogen) atoms. The number of anilines is 1. The Balaban J connectivity index is 1.64. The molecule has 4 nitrogen and oxygen atoms in total. The Hall–Kier alpha value is -3.40. The van der Waals surface area contributed by atoms with Crippen molar-refractivity contribution in [3.8, 4) is 0 Å². The summed E-state index contributed by atoms with van der Waals surface area (Å²) < 4.78 is 0. The van der Waals surface area contributed by atoms with Gasteiger partial charge in [-0.15, -0.1) is 0 Å². The van der Waals surface area contributed by atoms with Gasteiger partial charge < -0.3 is 10.6 Å². The van der Waals surface area contributed by atoms with Gasteiger partial charge in [0.15, 0.2) is 0 Å². The fourth-order valence-corrected chi connectivity index (χ4v) is 2.94. The van der Waals surface area contributed by atoms with Crippen LogP contribution in [0.25, 0.3) is 0 Å². The maximum absolute atomic E-state index is 12.6. The van der Waals surface area contributed by atoms with Crippen molar-refractivity contribution in [1.29, 1.82) is 0 Å². The highest BCUT2D eigenvalue weighted by molar-refractivity contribution is 6.05. The first-order valence-electron chi connectivity index (χ1n) is 9.67. The van der Waals surface area contributed by atoms with Gasteiger partial charge in [-0.25, -0.2) is 0 Å². The van der Waals surface area contributed by atoms with Gasteiger partial charge in [-0.1, -0.05) is 69.3 Å². The summed E-state index contributed by atoms with van der Waals surface area (Å²) in [5.41, 5.74) is 3.91. The average molecular weight is 386 g/mol. The van der Waals surface area contributed by atoms with Crippen LogP contribution >= 0.6 is 0 Å². The van der Waals surface area contributed by atoms with E-state index in [1.165, 1.54) is 5.56 Å². The van der Waals surface area contributed by atoms with Crippen LogP contribution < -0.4 is 10.6 Å². The summed E-state index contributed by atoms with van der Waals surface area (Å²) in [4.78, 5) is 25.0. The summed E-state index contributed by atoms with van der Waals surface area (Å²) in [6.07, 6.45) is 0. The number of benzene rings is 3. The number of nitrogens with one attached hydrogen (secondary N) is 2. The minimum absolute atomic E-state index is 0.0381. The highest BCUT2D eigenvalue weighted by Crippen LogP contribution is 2.22. The van der Waals surface area contributed by atoms with Crippen molar-refractivity contribution in [2.75, 3.05) is 5.32 Å². The van der Waals surface area contributed by atoms with E-state index in [0.29, 0.717) is 23.4 Å². The van der Waals surface area contributed by atoms with Crippen molar-refractivity contribution in [2.45, 2.75) is 32.7 Å². The van der Waals surface area contributed by atoms with Gasteiger partial charge in [0.05, 0.1) is 0 Å². The Morgan fingerprint density at radius 2 is 1.45 bits per heavy atom. The van der Waals surface area contributed by atoms with Crippen molar-refractivity contribution in [3.63, 3.8) is 0 Å². The summed E-state index contributed by atoms with van der Waals surface area (Å²) in [7, 11) is 0. The molecule has 0 fully saturated rings. The zero-order valence-corrected chi connectivity index (χ0v) is 17.0. The highest BCUT2D eigenvalue weighted by Gasteiger charge is 2.14. The van der Waals surface area contributed by atoms with E-state index in [1.807, 2.05) is 54.6 Å². The number of carbonyl (C=O) groups excluding carboxylic acids is 2. The Morgan fingerprint density at radius 3 is 2.10 bits per heavy atom. The second-order valence-electron chi connectivity index (χ2n) is 8.03. The molecule has 0 unspecified atom stereocenters. The Kier molecular flexibility index (Phi) is 6.13. The van der Waals surface area contributed by atoms with Crippen molar-refractivity contribution >= 4 is 17.5 Å². The second-order valence-corrected chi connectivity index (χ2v) is 8.03. The molecular formula is C25H26N2O2. The number of hydrogen-bond acceptors (Lipinski definition) is 2. The second kappa shape index (κ2) is 8.74. The lowest BCUT2D eigenvalue weighted by molar-refractivity contribution is 0.0949. The molecule has 2 amide bonds. The van der Waals surface area contributed by atoms with E-state index in [1.54, 1.807) is 24.3 Å². The monoisotopic (exact) mass is 386 g/mol. The molecule has 2 N–H and O–H groups in total. The van der Waals surface area contributed by atoms with E-state index < -0.39 is 0 Å². The van der Waals surface area contributed by atoms with E-state index in [2.05, 4.69) is 31.4 Å². The van der Waals surface area contributed by atoms with E-state index in [-0.39, 0.29) is 17.2 Å².